The van der Waals surface area contributed by atoms with Gasteiger partial charge in [-0.25, -0.2) is 0 Å². The van der Waals surface area contributed by atoms with Crippen LogP contribution >= 0.6 is 15.9 Å². The zero-order valence-electron chi connectivity index (χ0n) is 10.9. The molecule has 0 aliphatic rings. The summed E-state index contributed by atoms with van der Waals surface area (Å²) in [5, 5.41) is 3.29. The highest BCUT2D eigenvalue weighted by Gasteiger charge is 1.99. The van der Waals surface area contributed by atoms with Crippen LogP contribution in [0, 0.1) is 0 Å². The summed E-state index contributed by atoms with van der Waals surface area (Å²) in [6.07, 6.45) is 4.62. The van der Waals surface area contributed by atoms with Crippen LogP contribution in [0.25, 0.3) is 0 Å². The summed E-state index contributed by atoms with van der Waals surface area (Å²) >= 11 is 3.45. The molecule has 0 saturated heterocycles. The first-order chi connectivity index (χ1) is 9.28. The number of nitrogens with one attached hydrogen (secondary N) is 1. The van der Waals surface area contributed by atoms with E-state index < -0.39 is 0 Å². The van der Waals surface area contributed by atoms with E-state index in [9.17, 15) is 0 Å². The van der Waals surface area contributed by atoms with Gasteiger partial charge in [-0.1, -0.05) is 35.0 Å². The molecule has 1 N–H and O–H groups in total. The molecular weight excluding hydrogens is 304 g/mol. The van der Waals surface area contributed by atoms with Gasteiger partial charge in [0.25, 0.3) is 0 Å². The van der Waals surface area contributed by atoms with Crippen LogP contribution in [0.15, 0.2) is 47.2 Å². The molecule has 1 aromatic heterocycles. The van der Waals surface area contributed by atoms with Gasteiger partial charge in [0.15, 0.2) is 0 Å². The molecule has 0 radical (unpaired) electrons. The molecule has 0 spiro atoms. The number of rotatable bonds is 6. The van der Waals surface area contributed by atoms with Gasteiger partial charge in [0, 0.05) is 17.1 Å². The molecule has 0 aliphatic heterocycles. The topological polar surface area (TPSA) is 34.2 Å². The molecule has 0 bridgehead atoms. The van der Waals surface area contributed by atoms with Crippen molar-refractivity contribution in [2.24, 2.45) is 0 Å². The summed E-state index contributed by atoms with van der Waals surface area (Å²) in [6.45, 7) is 3.61. The van der Waals surface area contributed by atoms with Crippen LogP contribution in [-0.4, -0.2) is 11.5 Å². The molecule has 0 atom stereocenters. The van der Waals surface area contributed by atoms with Gasteiger partial charge >= 0.3 is 0 Å². The molecule has 100 valence electrons. The number of benzene rings is 1. The van der Waals surface area contributed by atoms with Gasteiger partial charge in [0.1, 0.15) is 12.4 Å². The van der Waals surface area contributed by atoms with Crippen LogP contribution < -0.4 is 10.1 Å². The molecule has 0 saturated carbocycles. The Hall–Kier alpha value is -1.55. The van der Waals surface area contributed by atoms with E-state index >= 15 is 0 Å². The van der Waals surface area contributed by atoms with Crippen molar-refractivity contribution in [1.29, 1.82) is 0 Å². The van der Waals surface area contributed by atoms with Crippen molar-refractivity contribution in [3.05, 3.63) is 52.8 Å². The molecule has 0 amide bonds. The van der Waals surface area contributed by atoms with Crippen molar-refractivity contribution in [2.75, 3.05) is 11.9 Å². The van der Waals surface area contributed by atoms with Crippen molar-refractivity contribution in [2.45, 2.75) is 20.0 Å². The quantitative estimate of drug-likeness (QED) is 0.864. The third-order valence-corrected chi connectivity index (χ3v) is 3.08. The number of ether oxygens (including phenoxy) is 1. The lowest BCUT2D eigenvalue weighted by molar-refractivity contribution is 0.305. The van der Waals surface area contributed by atoms with Crippen molar-refractivity contribution in [3.8, 4) is 5.75 Å². The molecule has 0 unspecified atom stereocenters. The van der Waals surface area contributed by atoms with Crippen LogP contribution in [0.2, 0.25) is 0 Å². The smallest absolute Gasteiger partial charge is 0.140 e. The summed E-state index contributed by atoms with van der Waals surface area (Å²) in [5.41, 5.74) is 2.12. The number of halogens is 1. The minimum atomic E-state index is 0.540. The van der Waals surface area contributed by atoms with Gasteiger partial charge in [0.05, 0.1) is 18.1 Å². The normalized spacial score (nSPS) is 10.2. The highest BCUT2D eigenvalue weighted by Crippen LogP contribution is 2.18. The second-order valence-corrected chi connectivity index (χ2v) is 5.17. The van der Waals surface area contributed by atoms with E-state index in [2.05, 4.69) is 33.2 Å². The van der Waals surface area contributed by atoms with E-state index in [1.54, 1.807) is 6.20 Å². The molecule has 2 rings (SSSR count). The zero-order valence-corrected chi connectivity index (χ0v) is 12.5. The average Bonchev–Trinajstić information content (AvgIpc) is 2.43. The second-order valence-electron chi connectivity index (χ2n) is 4.25. The van der Waals surface area contributed by atoms with Crippen molar-refractivity contribution >= 4 is 21.6 Å². The Bertz CT molecular complexity index is 531. The predicted octanol–water partition coefficient (Wildman–Crippen LogP) is 4.25. The van der Waals surface area contributed by atoms with E-state index in [0.29, 0.717) is 6.61 Å². The number of nitrogens with zero attached hydrogens (tertiary/aromatic N) is 1. The summed E-state index contributed by atoms with van der Waals surface area (Å²) in [6, 6.07) is 10.1. The first-order valence-corrected chi connectivity index (χ1v) is 7.13. The van der Waals surface area contributed by atoms with Crippen molar-refractivity contribution < 1.29 is 4.74 Å². The number of hydrogen-bond acceptors (Lipinski definition) is 3. The van der Waals surface area contributed by atoms with Crippen LogP contribution in [-0.2, 0) is 6.61 Å². The standard InChI is InChI=1S/C15H17BrN2O/c1-2-6-18-14-8-15(10-17-9-14)19-11-12-4-3-5-13(16)7-12/h3-5,7-10,18H,2,6,11H2,1H3. The van der Waals surface area contributed by atoms with E-state index in [1.807, 2.05) is 36.5 Å². The molecule has 2 aromatic rings. The van der Waals surface area contributed by atoms with E-state index in [4.69, 9.17) is 4.74 Å². The molecule has 3 nitrogen and oxygen atoms in total. The monoisotopic (exact) mass is 320 g/mol. The molecule has 19 heavy (non-hydrogen) atoms. The van der Waals surface area contributed by atoms with E-state index in [1.165, 1.54) is 0 Å². The van der Waals surface area contributed by atoms with Crippen LogP contribution in [0.3, 0.4) is 0 Å². The number of anilines is 1. The van der Waals surface area contributed by atoms with Gasteiger partial charge in [-0.15, -0.1) is 0 Å². The summed E-state index contributed by atoms with van der Waals surface area (Å²) < 4.78 is 6.80. The third kappa shape index (κ3) is 4.56. The minimum Gasteiger partial charge on any atom is -0.487 e. The number of aromatic nitrogens is 1. The highest BCUT2D eigenvalue weighted by atomic mass is 79.9. The lowest BCUT2D eigenvalue weighted by Crippen LogP contribution is -2.01. The van der Waals surface area contributed by atoms with E-state index in [0.717, 1.165) is 34.4 Å². The molecule has 4 heteroatoms. The van der Waals surface area contributed by atoms with Crippen LogP contribution in [0.1, 0.15) is 18.9 Å². The fourth-order valence-corrected chi connectivity index (χ4v) is 2.10. The van der Waals surface area contributed by atoms with Gasteiger partial charge in [-0.05, 0) is 24.1 Å². The van der Waals surface area contributed by atoms with Crippen molar-refractivity contribution in [3.63, 3.8) is 0 Å². The molecule has 0 aliphatic carbocycles. The number of hydrogen-bond donors (Lipinski definition) is 1. The Labute approximate surface area is 122 Å². The highest BCUT2D eigenvalue weighted by molar-refractivity contribution is 9.10. The summed E-state index contributed by atoms with van der Waals surface area (Å²) in [7, 11) is 0. The molecular formula is C15H17BrN2O. The van der Waals surface area contributed by atoms with Gasteiger partial charge < -0.3 is 10.1 Å². The number of pyridine rings is 1. The fourth-order valence-electron chi connectivity index (χ4n) is 1.66. The average molecular weight is 321 g/mol. The van der Waals surface area contributed by atoms with Crippen molar-refractivity contribution in [1.82, 2.24) is 4.98 Å². The Kier molecular flexibility index (Phi) is 5.21. The maximum Gasteiger partial charge on any atom is 0.140 e. The minimum absolute atomic E-state index is 0.540. The lowest BCUT2D eigenvalue weighted by Gasteiger charge is -2.09. The Balaban J connectivity index is 1.95. The summed E-state index contributed by atoms with van der Waals surface area (Å²) in [4.78, 5) is 4.17. The SMILES string of the molecule is CCCNc1cncc(OCc2cccc(Br)c2)c1. The molecule has 1 heterocycles. The Morgan fingerprint density at radius 2 is 2.16 bits per heavy atom. The fraction of sp³-hybridized carbons (Fsp3) is 0.267. The second kappa shape index (κ2) is 7.14. The maximum atomic E-state index is 5.74. The molecule has 1 aromatic carbocycles. The zero-order chi connectivity index (χ0) is 13.5. The van der Waals surface area contributed by atoms with Crippen LogP contribution in [0.5, 0.6) is 5.75 Å². The predicted molar refractivity (Wildman–Crippen MR) is 81.5 cm³/mol. The Morgan fingerprint density at radius 1 is 1.26 bits per heavy atom. The van der Waals surface area contributed by atoms with Gasteiger partial charge in [0.2, 0.25) is 0 Å². The maximum absolute atomic E-state index is 5.74. The largest absolute Gasteiger partial charge is 0.487 e. The summed E-state index contributed by atoms with van der Waals surface area (Å²) in [5.74, 6) is 0.779. The van der Waals surface area contributed by atoms with Crippen LogP contribution in [0.4, 0.5) is 5.69 Å². The van der Waals surface area contributed by atoms with E-state index in [-0.39, 0.29) is 0 Å². The lowest BCUT2D eigenvalue weighted by atomic mass is 10.2. The first-order valence-electron chi connectivity index (χ1n) is 6.34. The first kappa shape index (κ1) is 13.9. The van der Waals surface area contributed by atoms with Gasteiger partial charge in [-0.2, -0.15) is 0 Å². The molecule has 0 fully saturated rings. The van der Waals surface area contributed by atoms with Gasteiger partial charge in [-0.3, -0.25) is 4.98 Å². The third-order valence-electron chi connectivity index (χ3n) is 2.59. The Morgan fingerprint density at radius 3 is 2.95 bits per heavy atom.